The smallest absolute Gasteiger partial charge is 0.161 e. The second kappa shape index (κ2) is 6.26. The number of ketones is 1. The first-order chi connectivity index (χ1) is 7.71. The Labute approximate surface area is 97.2 Å². The third-order valence-electron chi connectivity index (χ3n) is 2.69. The van der Waals surface area contributed by atoms with Gasteiger partial charge in [0, 0.05) is 6.20 Å². The van der Waals surface area contributed by atoms with Gasteiger partial charge in [-0.2, -0.15) is 5.10 Å². The number of nitrogens with zero attached hydrogens (tertiary/aromatic N) is 2. The van der Waals surface area contributed by atoms with Crippen LogP contribution in [0.3, 0.4) is 0 Å². The lowest BCUT2D eigenvalue weighted by molar-refractivity contribution is -0.114. The standard InChI is InChI=1S/C13H20N2O/c1-4-7-13(16)10-11-8-9-15(14-11)12(5-2)6-3/h4,7-9,12H,5-6,10H2,1-3H3/b7-4+. The Morgan fingerprint density at radius 3 is 2.75 bits per heavy atom. The second-order valence-electron chi connectivity index (χ2n) is 3.90. The van der Waals surface area contributed by atoms with Crippen LogP contribution in [0.15, 0.2) is 24.4 Å². The van der Waals surface area contributed by atoms with Crippen molar-refractivity contribution in [3.63, 3.8) is 0 Å². The van der Waals surface area contributed by atoms with Gasteiger partial charge < -0.3 is 0 Å². The van der Waals surface area contributed by atoms with Gasteiger partial charge in [0.2, 0.25) is 0 Å². The number of hydrogen-bond acceptors (Lipinski definition) is 2. The number of carbonyl (C=O) groups excluding carboxylic acids is 1. The quantitative estimate of drug-likeness (QED) is 0.691. The van der Waals surface area contributed by atoms with Crippen LogP contribution in [0, 0.1) is 0 Å². The molecular weight excluding hydrogens is 200 g/mol. The Bertz CT molecular complexity index is 362. The molecule has 0 radical (unpaired) electrons. The summed E-state index contributed by atoms with van der Waals surface area (Å²) in [5.41, 5.74) is 0.856. The van der Waals surface area contributed by atoms with Crippen LogP contribution in [-0.4, -0.2) is 15.6 Å². The van der Waals surface area contributed by atoms with E-state index in [1.165, 1.54) is 0 Å². The summed E-state index contributed by atoms with van der Waals surface area (Å²) in [5, 5.41) is 4.44. The fourth-order valence-corrected chi connectivity index (χ4v) is 1.76. The zero-order valence-corrected chi connectivity index (χ0v) is 10.3. The normalized spacial score (nSPS) is 11.5. The molecule has 0 N–H and O–H groups in total. The van der Waals surface area contributed by atoms with E-state index in [-0.39, 0.29) is 5.78 Å². The molecule has 0 aromatic carbocycles. The summed E-state index contributed by atoms with van der Waals surface area (Å²) in [4.78, 5) is 11.4. The molecule has 0 amide bonds. The number of carbonyl (C=O) groups is 1. The lowest BCUT2D eigenvalue weighted by Crippen LogP contribution is -2.08. The first kappa shape index (κ1) is 12.7. The van der Waals surface area contributed by atoms with Crippen molar-refractivity contribution in [2.24, 2.45) is 0 Å². The molecule has 0 saturated carbocycles. The highest BCUT2D eigenvalue weighted by Crippen LogP contribution is 2.14. The highest BCUT2D eigenvalue weighted by molar-refractivity contribution is 5.90. The SMILES string of the molecule is C/C=C/C(=O)Cc1ccn(C(CC)CC)n1. The van der Waals surface area contributed by atoms with Crippen molar-refractivity contribution in [2.75, 3.05) is 0 Å². The van der Waals surface area contributed by atoms with Gasteiger partial charge in [-0.15, -0.1) is 0 Å². The fourth-order valence-electron chi connectivity index (χ4n) is 1.76. The van der Waals surface area contributed by atoms with Gasteiger partial charge in [-0.25, -0.2) is 0 Å². The van der Waals surface area contributed by atoms with Crippen LogP contribution in [0.1, 0.15) is 45.3 Å². The van der Waals surface area contributed by atoms with Gasteiger partial charge in [0.05, 0.1) is 18.2 Å². The molecular formula is C13H20N2O. The zero-order chi connectivity index (χ0) is 12.0. The highest BCUT2D eigenvalue weighted by Gasteiger charge is 2.09. The Morgan fingerprint density at radius 2 is 2.19 bits per heavy atom. The predicted octanol–water partition coefficient (Wildman–Crippen LogP) is 2.93. The van der Waals surface area contributed by atoms with Crippen LogP contribution in [0.25, 0.3) is 0 Å². The van der Waals surface area contributed by atoms with Crippen molar-refractivity contribution < 1.29 is 4.79 Å². The van der Waals surface area contributed by atoms with Crippen molar-refractivity contribution in [2.45, 2.75) is 46.1 Å². The molecule has 0 bridgehead atoms. The minimum Gasteiger partial charge on any atom is -0.294 e. The summed E-state index contributed by atoms with van der Waals surface area (Å²) in [7, 11) is 0. The average Bonchev–Trinajstić information content (AvgIpc) is 2.68. The van der Waals surface area contributed by atoms with Crippen molar-refractivity contribution in [3.8, 4) is 0 Å². The maximum absolute atomic E-state index is 11.4. The van der Waals surface area contributed by atoms with E-state index in [9.17, 15) is 4.79 Å². The Morgan fingerprint density at radius 1 is 1.50 bits per heavy atom. The lowest BCUT2D eigenvalue weighted by atomic mass is 10.2. The minimum absolute atomic E-state index is 0.109. The van der Waals surface area contributed by atoms with Crippen molar-refractivity contribution in [3.05, 3.63) is 30.1 Å². The van der Waals surface area contributed by atoms with Gasteiger partial charge in [0.15, 0.2) is 5.78 Å². The predicted molar refractivity (Wildman–Crippen MR) is 65.4 cm³/mol. The summed E-state index contributed by atoms with van der Waals surface area (Å²) in [6.07, 6.45) is 7.87. The van der Waals surface area contributed by atoms with Crippen molar-refractivity contribution >= 4 is 5.78 Å². The summed E-state index contributed by atoms with van der Waals surface area (Å²) in [6, 6.07) is 2.38. The second-order valence-corrected chi connectivity index (χ2v) is 3.90. The molecule has 0 atom stereocenters. The van der Waals surface area contributed by atoms with E-state index in [1.54, 1.807) is 12.2 Å². The molecule has 1 aromatic heterocycles. The molecule has 0 aliphatic heterocycles. The largest absolute Gasteiger partial charge is 0.294 e. The maximum atomic E-state index is 11.4. The van der Waals surface area contributed by atoms with E-state index in [0.717, 1.165) is 18.5 Å². The van der Waals surface area contributed by atoms with E-state index >= 15 is 0 Å². The summed E-state index contributed by atoms with van der Waals surface area (Å²) < 4.78 is 1.97. The molecule has 88 valence electrons. The van der Waals surface area contributed by atoms with Gasteiger partial charge in [0.25, 0.3) is 0 Å². The number of rotatable bonds is 6. The lowest BCUT2D eigenvalue weighted by Gasteiger charge is -2.12. The minimum atomic E-state index is 0.109. The Kier molecular flexibility index (Phi) is 4.96. The maximum Gasteiger partial charge on any atom is 0.161 e. The van der Waals surface area contributed by atoms with Crippen molar-refractivity contribution in [1.29, 1.82) is 0 Å². The molecule has 0 spiro atoms. The molecule has 0 unspecified atom stereocenters. The first-order valence-electron chi connectivity index (χ1n) is 5.90. The molecule has 0 saturated heterocycles. The van der Waals surface area contributed by atoms with Crippen LogP contribution in [-0.2, 0) is 11.2 Å². The van der Waals surface area contributed by atoms with Gasteiger partial charge in [0.1, 0.15) is 0 Å². The van der Waals surface area contributed by atoms with Gasteiger partial charge >= 0.3 is 0 Å². The van der Waals surface area contributed by atoms with E-state index < -0.39 is 0 Å². The molecule has 1 heterocycles. The third kappa shape index (κ3) is 3.33. The van der Waals surface area contributed by atoms with Crippen molar-refractivity contribution in [1.82, 2.24) is 9.78 Å². The number of aromatic nitrogens is 2. The van der Waals surface area contributed by atoms with E-state index in [0.29, 0.717) is 12.5 Å². The van der Waals surface area contributed by atoms with Gasteiger partial charge in [-0.05, 0) is 31.9 Å². The first-order valence-corrected chi connectivity index (χ1v) is 5.90. The van der Waals surface area contributed by atoms with Crippen LogP contribution in [0.4, 0.5) is 0 Å². The molecule has 3 heteroatoms. The van der Waals surface area contributed by atoms with Crippen LogP contribution < -0.4 is 0 Å². The highest BCUT2D eigenvalue weighted by atomic mass is 16.1. The molecule has 0 aliphatic rings. The molecule has 1 rings (SSSR count). The van der Waals surface area contributed by atoms with Crippen LogP contribution in [0.5, 0.6) is 0 Å². The molecule has 3 nitrogen and oxygen atoms in total. The topological polar surface area (TPSA) is 34.9 Å². The average molecular weight is 220 g/mol. The molecule has 1 aromatic rings. The molecule has 16 heavy (non-hydrogen) atoms. The fraction of sp³-hybridized carbons (Fsp3) is 0.538. The van der Waals surface area contributed by atoms with E-state index in [1.807, 2.05) is 23.9 Å². The zero-order valence-electron chi connectivity index (χ0n) is 10.3. The van der Waals surface area contributed by atoms with E-state index in [2.05, 4.69) is 18.9 Å². The Hall–Kier alpha value is -1.38. The molecule has 0 fully saturated rings. The number of allylic oxidation sites excluding steroid dienone is 2. The van der Waals surface area contributed by atoms with Gasteiger partial charge in [-0.3, -0.25) is 9.48 Å². The van der Waals surface area contributed by atoms with Gasteiger partial charge in [-0.1, -0.05) is 19.9 Å². The third-order valence-corrected chi connectivity index (χ3v) is 2.69. The van der Waals surface area contributed by atoms with Crippen LogP contribution >= 0.6 is 0 Å². The summed E-state index contributed by atoms with van der Waals surface area (Å²) in [6.45, 7) is 6.15. The summed E-state index contributed by atoms with van der Waals surface area (Å²) in [5.74, 6) is 0.109. The van der Waals surface area contributed by atoms with E-state index in [4.69, 9.17) is 0 Å². The van der Waals surface area contributed by atoms with Crippen LogP contribution in [0.2, 0.25) is 0 Å². The summed E-state index contributed by atoms with van der Waals surface area (Å²) >= 11 is 0. The number of hydrogen-bond donors (Lipinski definition) is 0. The monoisotopic (exact) mass is 220 g/mol. The molecule has 0 aliphatic carbocycles. The Balaban J connectivity index is 2.67.